The lowest BCUT2D eigenvalue weighted by Gasteiger charge is -2.22. The molecule has 1 aliphatic heterocycles. The average molecular weight is 322 g/mol. The van der Waals surface area contributed by atoms with Gasteiger partial charge in [-0.3, -0.25) is 4.79 Å². The van der Waals surface area contributed by atoms with E-state index < -0.39 is 23.3 Å². The van der Waals surface area contributed by atoms with Crippen molar-refractivity contribution >= 4 is 17.5 Å². The molecule has 1 aliphatic rings. The number of rotatable bonds is 9. The fourth-order valence-corrected chi connectivity index (χ4v) is 2.43. The third-order valence-electron chi connectivity index (χ3n) is 3.56. The first-order chi connectivity index (χ1) is 10.9. The lowest BCUT2D eigenvalue weighted by Crippen LogP contribution is -2.31. The Hall–Kier alpha value is -2.08. The molecule has 0 N–H and O–H groups in total. The molecule has 7 nitrogen and oxygen atoms in total. The summed E-state index contributed by atoms with van der Waals surface area (Å²) in [6, 6.07) is 0. The van der Waals surface area contributed by atoms with Gasteiger partial charge in [-0.2, -0.15) is 4.79 Å². The topological polar surface area (TPSA) is 98.2 Å². The number of esters is 1. The van der Waals surface area contributed by atoms with E-state index in [1.807, 2.05) is 0 Å². The molecule has 0 bridgehead atoms. The van der Waals surface area contributed by atoms with Crippen molar-refractivity contribution in [2.24, 2.45) is 0 Å². The monoisotopic (exact) mass is 322 g/mol. The molecule has 0 spiro atoms. The van der Waals surface area contributed by atoms with Crippen molar-refractivity contribution in [2.75, 3.05) is 7.11 Å². The SMILES string of the molecule is C=CC[C@H]1OC(C)(CCC(=O)C(=[N+]=[N-])C(=O)OC)O[C@@H]1CC=C. The van der Waals surface area contributed by atoms with Crippen LogP contribution in [0.5, 0.6) is 0 Å². The van der Waals surface area contributed by atoms with Crippen molar-refractivity contribution in [3.63, 3.8) is 0 Å². The Balaban J connectivity index is 2.71. The van der Waals surface area contributed by atoms with Crippen molar-refractivity contribution in [1.82, 2.24) is 0 Å². The molecule has 7 heteroatoms. The van der Waals surface area contributed by atoms with Gasteiger partial charge in [0.15, 0.2) is 5.79 Å². The van der Waals surface area contributed by atoms with Crippen LogP contribution in [0.1, 0.15) is 32.6 Å². The van der Waals surface area contributed by atoms with Crippen LogP contribution in [0.15, 0.2) is 25.3 Å². The highest BCUT2D eigenvalue weighted by atomic mass is 16.8. The highest BCUT2D eigenvalue weighted by molar-refractivity contribution is 6.62. The minimum absolute atomic E-state index is 0.0768. The molecular weight excluding hydrogens is 300 g/mol. The fraction of sp³-hybridized carbons (Fsp3) is 0.562. The summed E-state index contributed by atoms with van der Waals surface area (Å²) in [4.78, 5) is 26.0. The van der Waals surface area contributed by atoms with Crippen molar-refractivity contribution in [3.8, 4) is 0 Å². The number of methoxy groups -OCH3 is 1. The van der Waals surface area contributed by atoms with Gasteiger partial charge in [0.2, 0.25) is 0 Å². The molecule has 0 aromatic carbocycles. The minimum Gasteiger partial charge on any atom is -0.460 e. The maximum atomic E-state index is 12.0. The van der Waals surface area contributed by atoms with Crippen LogP contribution in [0.25, 0.3) is 5.53 Å². The third-order valence-corrected chi connectivity index (χ3v) is 3.56. The number of nitrogens with zero attached hydrogens (tertiary/aromatic N) is 2. The smallest absolute Gasteiger partial charge is 0.441 e. The van der Waals surface area contributed by atoms with Crippen LogP contribution in [0.3, 0.4) is 0 Å². The summed E-state index contributed by atoms with van der Waals surface area (Å²) in [5.41, 5.74) is 8.12. The molecular formula is C16H22N2O5. The molecule has 0 unspecified atom stereocenters. The van der Waals surface area contributed by atoms with Gasteiger partial charge >= 0.3 is 11.7 Å². The van der Waals surface area contributed by atoms with Crippen molar-refractivity contribution in [2.45, 2.75) is 50.6 Å². The predicted molar refractivity (Wildman–Crippen MR) is 82.7 cm³/mol. The molecule has 2 atom stereocenters. The van der Waals surface area contributed by atoms with E-state index in [2.05, 4.69) is 22.7 Å². The second-order valence-corrected chi connectivity index (χ2v) is 5.36. The van der Waals surface area contributed by atoms with E-state index >= 15 is 0 Å². The number of carbonyl (C=O) groups excluding carboxylic acids is 2. The summed E-state index contributed by atoms with van der Waals surface area (Å²) in [6.45, 7) is 9.12. The molecule has 1 saturated heterocycles. The van der Waals surface area contributed by atoms with Crippen LogP contribution in [0.4, 0.5) is 0 Å². The Labute approximate surface area is 135 Å². The largest absolute Gasteiger partial charge is 0.460 e. The lowest BCUT2D eigenvalue weighted by molar-refractivity contribution is -0.167. The van der Waals surface area contributed by atoms with Crippen LogP contribution in [-0.2, 0) is 23.8 Å². The molecule has 0 amide bonds. The molecule has 0 saturated carbocycles. The molecule has 0 aromatic rings. The normalized spacial score (nSPS) is 22.0. The summed E-state index contributed by atoms with van der Waals surface area (Å²) in [7, 11) is 1.10. The van der Waals surface area contributed by atoms with Gasteiger partial charge in [-0.05, 0) is 19.8 Å². The molecule has 0 aromatic heterocycles. The van der Waals surface area contributed by atoms with Gasteiger partial charge in [0.25, 0.3) is 5.78 Å². The zero-order chi connectivity index (χ0) is 17.5. The Morgan fingerprint density at radius 1 is 1.26 bits per heavy atom. The van der Waals surface area contributed by atoms with E-state index in [1.54, 1.807) is 19.1 Å². The summed E-state index contributed by atoms with van der Waals surface area (Å²) < 4.78 is 16.2. The van der Waals surface area contributed by atoms with Gasteiger partial charge in [-0.25, -0.2) is 4.79 Å². The van der Waals surface area contributed by atoms with E-state index in [1.165, 1.54) is 0 Å². The Bertz CT molecular complexity index is 519. The fourth-order valence-electron chi connectivity index (χ4n) is 2.43. The maximum absolute atomic E-state index is 12.0. The molecule has 1 heterocycles. The highest BCUT2D eigenvalue weighted by Gasteiger charge is 2.44. The number of carbonyl (C=O) groups is 2. The average Bonchev–Trinajstić information content (AvgIpc) is 2.83. The summed E-state index contributed by atoms with van der Waals surface area (Å²) in [5, 5.41) is 0. The van der Waals surface area contributed by atoms with Crippen molar-refractivity contribution < 1.29 is 28.6 Å². The number of ketones is 1. The zero-order valence-corrected chi connectivity index (χ0v) is 13.5. The van der Waals surface area contributed by atoms with Crippen LogP contribution >= 0.6 is 0 Å². The molecule has 23 heavy (non-hydrogen) atoms. The van der Waals surface area contributed by atoms with Gasteiger partial charge in [-0.1, -0.05) is 12.2 Å². The number of Topliss-reactive ketones (excluding diaryl/α,β-unsaturated/α-hetero) is 1. The first-order valence-corrected chi connectivity index (χ1v) is 7.31. The van der Waals surface area contributed by atoms with Gasteiger partial charge in [0.1, 0.15) is 0 Å². The van der Waals surface area contributed by atoms with E-state index in [0.29, 0.717) is 12.8 Å². The lowest BCUT2D eigenvalue weighted by atomic mass is 10.1. The van der Waals surface area contributed by atoms with Crippen molar-refractivity contribution in [3.05, 3.63) is 30.8 Å². The molecule has 0 aliphatic carbocycles. The predicted octanol–water partition coefficient (Wildman–Crippen LogP) is 1.83. The number of ether oxygens (including phenoxy) is 3. The zero-order valence-electron chi connectivity index (χ0n) is 13.5. The number of hydrogen-bond acceptors (Lipinski definition) is 5. The quantitative estimate of drug-likeness (QED) is 0.161. The Morgan fingerprint density at radius 3 is 2.17 bits per heavy atom. The Morgan fingerprint density at radius 2 is 1.78 bits per heavy atom. The summed E-state index contributed by atoms with van der Waals surface area (Å²) in [6.07, 6.45) is 4.52. The highest BCUT2D eigenvalue weighted by Crippen LogP contribution is 2.35. The standard InChI is InChI=1S/C16H22N2O5/c1-5-7-12-13(8-6-2)23-16(3,22-12)10-9-11(19)14(18-17)15(20)21-4/h5-6,12-13H,1-2,7-10H2,3-4H3/t12-,13-/m1/s1. The molecule has 1 fully saturated rings. The molecule has 1 rings (SSSR count). The summed E-state index contributed by atoms with van der Waals surface area (Å²) >= 11 is 0. The van der Waals surface area contributed by atoms with Gasteiger partial charge in [0.05, 0.1) is 19.3 Å². The van der Waals surface area contributed by atoms with Crippen LogP contribution in [-0.4, -0.2) is 47.4 Å². The maximum Gasteiger partial charge on any atom is 0.441 e. The second kappa shape index (κ2) is 8.53. The van der Waals surface area contributed by atoms with E-state index in [4.69, 9.17) is 15.0 Å². The minimum atomic E-state index is -0.982. The molecule has 126 valence electrons. The van der Waals surface area contributed by atoms with E-state index in [0.717, 1.165) is 7.11 Å². The third kappa shape index (κ3) is 4.96. The summed E-state index contributed by atoms with van der Waals surface area (Å²) in [5.74, 6) is -2.58. The molecule has 0 radical (unpaired) electrons. The Kier molecular flexibility index (Phi) is 7.03. The van der Waals surface area contributed by atoms with Gasteiger partial charge in [0, 0.05) is 12.8 Å². The van der Waals surface area contributed by atoms with Gasteiger partial charge < -0.3 is 19.7 Å². The van der Waals surface area contributed by atoms with Crippen LogP contribution < -0.4 is 0 Å². The first-order valence-electron chi connectivity index (χ1n) is 7.31. The second-order valence-electron chi connectivity index (χ2n) is 5.36. The van der Waals surface area contributed by atoms with Crippen LogP contribution in [0, 0.1) is 0 Å². The van der Waals surface area contributed by atoms with Crippen LogP contribution in [0.2, 0.25) is 0 Å². The number of hydrogen-bond donors (Lipinski definition) is 0. The van der Waals surface area contributed by atoms with E-state index in [-0.39, 0.29) is 25.0 Å². The first kappa shape index (κ1) is 19.0. The van der Waals surface area contributed by atoms with Gasteiger partial charge in [-0.15, -0.1) is 13.2 Å². The van der Waals surface area contributed by atoms with Crippen molar-refractivity contribution in [1.29, 1.82) is 0 Å². The van der Waals surface area contributed by atoms with E-state index in [9.17, 15) is 9.59 Å².